The topological polar surface area (TPSA) is 0 Å². The lowest BCUT2D eigenvalue weighted by atomic mass is 9.90. The first-order valence-corrected chi connectivity index (χ1v) is 7.36. The molecule has 0 aromatic heterocycles. The van der Waals surface area contributed by atoms with Gasteiger partial charge in [0.15, 0.2) is 6.17 Å². The van der Waals surface area contributed by atoms with Gasteiger partial charge in [-0.15, -0.1) is 0 Å². The normalized spacial score (nSPS) is 17.2. The van der Waals surface area contributed by atoms with Crippen molar-refractivity contribution in [2.45, 2.75) is 69.2 Å². The van der Waals surface area contributed by atoms with Crippen molar-refractivity contribution in [3.05, 3.63) is 0 Å². The molecule has 18 heteroatoms. The van der Waals surface area contributed by atoms with Crippen LogP contribution in [0, 0.1) is 11.8 Å². The standard InChI is InChI=1S/C7H8F8.C6H4F10/c1-3(2)4(8)5(9,6(10,11)12)7(13,14)15;1-2(4(9,10)11)3(7,8)5(12,13)6(14,15)16/h3-4H,1-2H3;2H,1H3. The van der Waals surface area contributed by atoms with E-state index in [1.54, 1.807) is 0 Å². The minimum Gasteiger partial charge on any atom is -0.243 e. The van der Waals surface area contributed by atoms with Gasteiger partial charge in [-0.2, -0.15) is 70.2 Å². The summed E-state index contributed by atoms with van der Waals surface area (Å²) in [5.41, 5.74) is -5.81. The molecule has 0 radical (unpaired) electrons. The molecule has 0 amide bonds. The van der Waals surface area contributed by atoms with Crippen LogP contribution in [0.25, 0.3) is 0 Å². The quantitative estimate of drug-likeness (QED) is 0.339. The van der Waals surface area contributed by atoms with E-state index >= 15 is 0 Å². The van der Waals surface area contributed by atoms with Gasteiger partial charge in [0.1, 0.15) is 5.92 Å². The second-order valence-corrected chi connectivity index (χ2v) is 6.31. The van der Waals surface area contributed by atoms with Gasteiger partial charge in [0, 0.05) is 0 Å². The lowest BCUT2D eigenvalue weighted by Gasteiger charge is -2.34. The summed E-state index contributed by atoms with van der Waals surface area (Å²) in [6.07, 6.45) is -28.9. The van der Waals surface area contributed by atoms with Crippen LogP contribution in [0.3, 0.4) is 0 Å². The maximum atomic E-state index is 12.8. The van der Waals surface area contributed by atoms with Crippen molar-refractivity contribution in [1.29, 1.82) is 0 Å². The zero-order chi connectivity index (χ0) is 26.2. The highest BCUT2D eigenvalue weighted by molar-refractivity contribution is 5.01. The molecule has 0 fully saturated rings. The molecular weight excluding hydrogens is 498 g/mol. The van der Waals surface area contributed by atoms with E-state index in [1.807, 2.05) is 0 Å². The van der Waals surface area contributed by atoms with Crippen LogP contribution >= 0.6 is 0 Å². The van der Waals surface area contributed by atoms with Crippen molar-refractivity contribution in [1.82, 2.24) is 0 Å². The second kappa shape index (κ2) is 8.94. The second-order valence-electron chi connectivity index (χ2n) is 6.31. The van der Waals surface area contributed by atoms with Crippen molar-refractivity contribution in [2.24, 2.45) is 11.8 Å². The highest BCUT2D eigenvalue weighted by atomic mass is 19.4. The molecule has 0 saturated heterocycles. The van der Waals surface area contributed by atoms with Crippen LogP contribution in [0.1, 0.15) is 20.8 Å². The number of hydrogen-bond donors (Lipinski definition) is 0. The van der Waals surface area contributed by atoms with Gasteiger partial charge in [0.2, 0.25) is 0 Å². The first kappa shape index (κ1) is 31.9. The summed E-state index contributed by atoms with van der Waals surface area (Å²) in [5.74, 6) is -18.9. The van der Waals surface area contributed by atoms with Gasteiger partial charge in [-0.25, -0.2) is 8.78 Å². The molecule has 0 spiro atoms. The van der Waals surface area contributed by atoms with E-state index in [2.05, 4.69) is 0 Å². The summed E-state index contributed by atoms with van der Waals surface area (Å²) in [6, 6.07) is 0. The molecule has 31 heavy (non-hydrogen) atoms. The van der Waals surface area contributed by atoms with Crippen molar-refractivity contribution in [2.75, 3.05) is 0 Å². The lowest BCUT2D eigenvalue weighted by Crippen LogP contribution is -2.60. The molecule has 190 valence electrons. The smallest absolute Gasteiger partial charge is 0.243 e. The zero-order valence-corrected chi connectivity index (χ0v) is 15.0. The minimum atomic E-state index is -6.75. The summed E-state index contributed by atoms with van der Waals surface area (Å²) in [4.78, 5) is 0. The first-order valence-electron chi connectivity index (χ1n) is 7.36. The summed E-state index contributed by atoms with van der Waals surface area (Å²) < 4.78 is 215. The Hall–Kier alpha value is -1.26. The van der Waals surface area contributed by atoms with Crippen LogP contribution in [0.2, 0.25) is 0 Å². The summed E-state index contributed by atoms with van der Waals surface area (Å²) in [5, 5.41) is 0. The van der Waals surface area contributed by atoms with Crippen LogP contribution in [-0.2, 0) is 0 Å². The van der Waals surface area contributed by atoms with Gasteiger partial charge in [0.05, 0.1) is 0 Å². The third-order valence-electron chi connectivity index (χ3n) is 3.60. The predicted octanol–water partition coefficient (Wildman–Crippen LogP) is 7.83. The predicted molar refractivity (Wildman–Crippen MR) is 66.9 cm³/mol. The summed E-state index contributed by atoms with van der Waals surface area (Å²) in [6.45, 7) is 1.02. The van der Waals surface area contributed by atoms with E-state index in [0.29, 0.717) is 0 Å². The fourth-order valence-electron chi connectivity index (χ4n) is 1.60. The third kappa shape index (κ3) is 6.38. The molecule has 0 saturated carbocycles. The van der Waals surface area contributed by atoms with Crippen molar-refractivity contribution >= 4 is 0 Å². The molecule has 0 aliphatic heterocycles. The molecule has 0 nitrogen and oxygen atoms in total. The van der Waals surface area contributed by atoms with E-state index < -0.39 is 67.2 Å². The Balaban J connectivity index is 0. The molecule has 0 rings (SSSR count). The number of alkyl halides is 18. The van der Waals surface area contributed by atoms with E-state index in [0.717, 1.165) is 13.8 Å². The van der Waals surface area contributed by atoms with E-state index in [-0.39, 0.29) is 0 Å². The molecule has 0 aromatic carbocycles. The highest BCUT2D eigenvalue weighted by Gasteiger charge is 2.78. The minimum absolute atomic E-state index is 0.445. The molecule has 2 atom stereocenters. The average Bonchev–Trinajstić information content (AvgIpc) is 2.48. The largest absolute Gasteiger partial charge is 0.459 e. The molecule has 0 aliphatic rings. The Morgan fingerprint density at radius 3 is 0.903 bits per heavy atom. The summed E-state index contributed by atoms with van der Waals surface area (Å²) >= 11 is 0. The van der Waals surface area contributed by atoms with Gasteiger partial charge in [-0.05, 0) is 12.8 Å². The zero-order valence-electron chi connectivity index (χ0n) is 15.0. The Kier molecular flexibility index (Phi) is 9.21. The van der Waals surface area contributed by atoms with Gasteiger partial charge < -0.3 is 0 Å². The Labute approximate surface area is 161 Å². The summed E-state index contributed by atoms with van der Waals surface area (Å²) in [7, 11) is 0. The Morgan fingerprint density at radius 1 is 0.484 bits per heavy atom. The van der Waals surface area contributed by atoms with Gasteiger partial charge in [-0.3, -0.25) is 0 Å². The maximum Gasteiger partial charge on any atom is 0.459 e. The van der Waals surface area contributed by atoms with Crippen molar-refractivity contribution < 1.29 is 79.0 Å². The molecule has 2 unspecified atom stereocenters. The highest BCUT2D eigenvalue weighted by Crippen LogP contribution is 2.53. The fraction of sp³-hybridized carbons (Fsp3) is 1.00. The van der Waals surface area contributed by atoms with E-state index in [9.17, 15) is 79.0 Å². The van der Waals surface area contributed by atoms with Gasteiger partial charge in [-0.1, -0.05) is 13.8 Å². The SMILES string of the molecule is CC(C(F)(F)F)C(F)(F)C(F)(F)C(F)(F)F.CC(C)C(F)C(F)(C(F)(F)F)C(F)(F)F. The molecule has 0 aliphatic carbocycles. The number of halogens is 18. The lowest BCUT2D eigenvalue weighted by molar-refractivity contribution is -0.384. The molecular formula is C13H12F18. The van der Waals surface area contributed by atoms with Crippen LogP contribution in [0.5, 0.6) is 0 Å². The number of hydrogen-bond acceptors (Lipinski definition) is 0. The molecule has 0 bridgehead atoms. The van der Waals surface area contributed by atoms with Crippen LogP contribution in [-0.4, -0.2) is 48.4 Å². The fourth-order valence-corrected chi connectivity index (χ4v) is 1.60. The molecule has 0 aromatic rings. The Bertz CT molecular complexity index is 545. The number of rotatable bonds is 4. The first-order chi connectivity index (χ1) is 13.0. The maximum absolute atomic E-state index is 12.8. The molecule has 0 N–H and O–H groups in total. The monoisotopic (exact) mass is 510 g/mol. The van der Waals surface area contributed by atoms with Crippen LogP contribution in [0.15, 0.2) is 0 Å². The average molecular weight is 510 g/mol. The van der Waals surface area contributed by atoms with Crippen LogP contribution < -0.4 is 0 Å². The molecule has 0 heterocycles. The van der Waals surface area contributed by atoms with Gasteiger partial charge in [0.25, 0.3) is 0 Å². The van der Waals surface area contributed by atoms with Crippen molar-refractivity contribution in [3.8, 4) is 0 Å². The van der Waals surface area contributed by atoms with E-state index in [4.69, 9.17) is 0 Å². The van der Waals surface area contributed by atoms with Crippen molar-refractivity contribution in [3.63, 3.8) is 0 Å². The Morgan fingerprint density at radius 2 is 0.774 bits per heavy atom. The third-order valence-corrected chi connectivity index (χ3v) is 3.60. The van der Waals surface area contributed by atoms with E-state index in [1.165, 1.54) is 0 Å². The van der Waals surface area contributed by atoms with Crippen LogP contribution in [0.4, 0.5) is 79.0 Å². The van der Waals surface area contributed by atoms with Gasteiger partial charge >= 0.3 is 42.2 Å².